The van der Waals surface area contributed by atoms with E-state index in [0.717, 1.165) is 23.6 Å². The minimum atomic E-state index is -0.0615. The number of para-hydroxylation sites is 1. The van der Waals surface area contributed by atoms with Gasteiger partial charge in [0.1, 0.15) is 5.82 Å². The highest BCUT2D eigenvalue weighted by Crippen LogP contribution is 2.24. The van der Waals surface area contributed by atoms with Crippen molar-refractivity contribution in [3.8, 4) is 5.69 Å². The van der Waals surface area contributed by atoms with Crippen LogP contribution < -0.4 is 5.32 Å². The molecule has 4 aromatic rings. The van der Waals surface area contributed by atoms with Crippen molar-refractivity contribution in [3.05, 3.63) is 102 Å². The Bertz CT molecular complexity index is 1160. The third-order valence-corrected chi connectivity index (χ3v) is 6.24. The van der Waals surface area contributed by atoms with E-state index in [9.17, 15) is 4.79 Å². The predicted molar refractivity (Wildman–Crippen MR) is 135 cm³/mol. The van der Waals surface area contributed by atoms with Gasteiger partial charge in [-0.1, -0.05) is 85.8 Å². The molecule has 1 heterocycles. The van der Waals surface area contributed by atoms with Crippen LogP contribution in [0.1, 0.15) is 36.7 Å². The summed E-state index contributed by atoms with van der Waals surface area (Å²) in [7, 11) is 0. The Balaban J connectivity index is 1.44. The summed E-state index contributed by atoms with van der Waals surface area (Å²) < 4.78 is 2.04. The number of hydrogen-bond donors (Lipinski definition) is 1. The van der Waals surface area contributed by atoms with Crippen molar-refractivity contribution in [2.45, 2.75) is 37.8 Å². The van der Waals surface area contributed by atoms with Crippen LogP contribution in [0.4, 0.5) is 5.69 Å². The number of benzene rings is 3. The van der Waals surface area contributed by atoms with Gasteiger partial charge < -0.3 is 5.32 Å². The molecule has 3 aromatic carbocycles. The first-order chi connectivity index (χ1) is 16.2. The number of aryl methyl sites for hydroxylation is 1. The average Bonchev–Trinajstić information content (AvgIpc) is 3.25. The van der Waals surface area contributed by atoms with E-state index in [0.29, 0.717) is 11.6 Å². The number of amides is 1. The Hall–Kier alpha value is -3.38. The Kier molecular flexibility index (Phi) is 7.93. The van der Waals surface area contributed by atoms with Crippen LogP contribution in [0.15, 0.2) is 90.1 Å². The lowest BCUT2D eigenvalue weighted by atomic mass is 10.1. The molecule has 0 unspecified atom stereocenters. The smallest absolute Gasteiger partial charge is 0.234 e. The van der Waals surface area contributed by atoms with Crippen molar-refractivity contribution in [2.24, 2.45) is 0 Å². The van der Waals surface area contributed by atoms with Crippen molar-refractivity contribution in [1.29, 1.82) is 0 Å². The summed E-state index contributed by atoms with van der Waals surface area (Å²) >= 11 is 1.39. The molecule has 1 amide bonds. The lowest BCUT2D eigenvalue weighted by Gasteiger charge is -2.11. The number of nitrogens with zero attached hydrogens (tertiary/aromatic N) is 3. The fourth-order valence-corrected chi connectivity index (χ4v) is 4.36. The monoisotopic (exact) mass is 456 g/mol. The van der Waals surface area contributed by atoms with E-state index in [4.69, 9.17) is 0 Å². The number of unbranched alkanes of at least 4 members (excludes halogenated alkanes) is 1. The van der Waals surface area contributed by atoms with Gasteiger partial charge in [0.2, 0.25) is 5.91 Å². The largest absolute Gasteiger partial charge is 0.325 e. The van der Waals surface area contributed by atoms with E-state index in [1.165, 1.54) is 35.7 Å². The summed E-state index contributed by atoms with van der Waals surface area (Å²) in [5.74, 6) is 1.04. The van der Waals surface area contributed by atoms with Gasteiger partial charge in [0, 0.05) is 17.8 Å². The van der Waals surface area contributed by atoms with Gasteiger partial charge in [0.15, 0.2) is 5.16 Å². The third kappa shape index (κ3) is 6.33. The van der Waals surface area contributed by atoms with Crippen LogP contribution in [0.5, 0.6) is 0 Å². The second-order valence-electron chi connectivity index (χ2n) is 7.87. The van der Waals surface area contributed by atoms with Crippen LogP contribution in [0.25, 0.3) is 5.69 Å². The number of thioether (sulfide) groups is 1. The molecule has 0 aliphatic heterocycles. The van der Waals surface area contributed by atoms with Crippen LogP contribution in [0.3, 0.4) is 0 Å². The molecule has 0 aliphatic carbocycles. The van der Waals surface area contributed by atoms with Crippen LogP contribution in [-0.2, 0) is 17.6 Å². The molecule has 1 N–H and O–H groups in total. The average molecular weight is 457 g/mol. The molecule has 0 atom stereocenters. The van der Waals surface area contributed by atoms with Crippen molar-refractivity contribution in [3.63, 3.8) is 0 Å². The van der Waals surface area contributed by atoms with E-state index in [1.54, 1.807) is 0 Å². The second-order valence-corrected chi connectivity index (χ2v) is 8.81. The number of carbonyl (C=O) groups excluding carboxylic acids is 1. The fourth-order valence-electron chi connectivity index (χ4n) is 3.59. The van der Waals surface area contributed by atoms with E-state index in [-0.39, 0.29) is 11.7 Å². The zero-order chi connectivity index (χ0) is 22.9. The normalized spacial score (nSPS) is 10.8. The van der Waals surface area contributed by atoms with E-state index in [1.807, 2.05) is 65.2 Å². The number of aromatic nitrogens is 3. The number of nitrogens with one attached hydrogen (secondary N) is 1. The first-order valence-corrected chi connectivity index (χ1v) is 12.3. The maximum absolute atomic E-state index is 12.6. The second kappa shape index (κ2) is 11.5. The molecule has 0 saturated heterocycles. The maximum Gasteiger partial charge on any atom is 0.234 e. The zero-order valence-corrected chi connectivity index (χ0v) is 19.6. The standard InChI is InChI=1S/C27H28N4OS/c1-2-3-10-21-15-17-23(18-16-21)28-26(32)20-33-27-30-29-25(19-22-11-6-4-7-12-22)31(27)24-13-8-5-9-14-24/h4-9,11-18H,2-3,10,19-20H2,1H3,(H,28,32). The molecular formula is C27H28N4OS. The molecule has 4 rings (SSSR count). The molecule has 6 heteroatoms. The van der Waals surface area contributed by atoms with E-state index in [2.05, 4.69) is 46.7 Å². The van der Waals surface area contributed by atoms with Gasteiger partial charge in [-0.2, -0.15) is 0 Å². The minimum absolute atomic E-state index is 0.0615. The summed E-state index contributed by atoms with van der Waals surface area (Å²) in [6.45, 7) is 2.19. The van der Waals surface area contributed by atoms with Crippen molar-refractivity contribution in [2.75, 3.05) is 11.1 Å². The molecule has 0 bridgehead atoms. The summed E-state index contributed by atoms with van der Waals surface area (Å²) in [5.41, 5.74) is 4.26. The van der Waals surface area contributed by atoms with Crippen LogP contribution in [0, 0.1) is 0 Å². The van der Waals surface area contributed by atoms with Crippen molar-refractivity contribution >= 4 is 23.4 Å². The maximum atomic E-state index is 12.6. The first-order valence-electron chi connectivity index (χ1n) is 11.3. The van der Waals surface area contributed by atoms with Crippen LogP contribution >= 0.6 is 11.8 Å². The third-order valence-electron chi connectivity index (χ3n) is 5.31. The Labute approximate surface area is 199 Å². The molecule has 5 nitrogen and oxygen atoms in total. The number of hydrogen-bond acceptors (Lipinski definition) is 4. The lowest BCUT2D eigenvalue weighted by Crippen LogP contribution is -2.14. The van der Waals surface area contributed by atoms with Crippen LogP contribution in [-0.4, -0.2) is 26.4 Å². The molecule has 1 aromatic heterocycles. The highest BCUT2D eigenvalue weighted by Gasteiger charge is 2.16. The highest BCUT2D eigenvalue weighted by molar-refractivity contribution is 7.99. The van der Waals surface area contributed by atoms with Gasteiger partial charge in [0.05, 0.1) is 5.75 Å². The molecule has 33 heavy (non-hydrogen) atoms. The highest BCUT2D eigenvalue weighted by atomic mass is 32.2. The Morgan fingerprint density at radius 1 is 0.879 bits per heavy atom. The van der Waals surface area contributed by atoms with Gasteiger partial charge in [-0.15, -0.1) is 10.2 Å². The first kappa shape index (κ1) is 22.8. The SMILES string of the molecule is CCCCc1ccc(NC(=O)CSc2nnc(Cc3ccccc3)n2-c2ccccc2)cc1. The zero-order valence-electron chi connectivity index (χ0n) is 18.8. The lowest BCUT2D eigenvalue weighted by molar-refractivity contribution is -0.113. The Morgan fingerprint density at radius 3 is 2.27 bits per heavy atom. The molecule has 0 radical (unpaired) electrons. The van der Waals surface area contributed by atoms with Crippen LogP contribution in [0.2, 0.25) is 0 Å². The topological polar surface area (TPSA) is 59.8 Å². The molecule has 0 spiro atoms. The Morgan fingerprint density at radius 2 is 1.58 bits per heavy atom. The molecule has 0 fully saturated rings. The summed E-state index contributed by atoms with van der Waals surface area (Å²) in [6, 6.07) is 28.3. The number of carbonyl (C=O) groups is 1. The number of anilines is 1. The molecule has 0 saturated carbocycles. The van der Waals surface area contributed by atoms with Gasteiger partial charge in [-0.05, 0) is 48.2 Å². The summed E-state index contributed by atoms with van der Waals surface area (Å²) in [5, 5.41) is 12.5. The van der Waals surface area contributed by atoms with Gasteiger partial charge in [-0.3, -0.25) is 9.36 Å². The summed E-state index contributed by atoms with van der Waals surface area (Å²) in [6.07, 6.45) is 4.09. The quantitative estimate of drug-likeness (QED) is 0.300. The molecule has 0 aliphatic rings. The van der Waals surface area contributed by atoms with E-state index >= 15 is 0 Å². The van der Waals surface area contributed by atoms with Crippen molar-refractivity contribution < 1.29 is 4.79 Å². The van der Waals surface area contributed by atoms with Gasteiger partial charge in [0.25, 0.3) is 0 Å². The molecule has 168 valence electrons. The van der Waals surface area contributed by atoms with Gasteiger partial charge >= 0.3 is 0 Å². The number of rotatable bonds is 10. The molecular weight excluding hydrogens is 428 g/mol. The van der Waals surface area contributed by atoms with Gasteiger partial charge in [-0.25, -0.2) is 0 Å². The van der Waals surface area contributed by atoms with E-state index < -0.39 is 0 Å². The fraction of sp³-hybridized carbons (Fsp3) is 0.222. The predicted octanol–water partition coefficient (Wildman–Crippen LogP) is 5.93. The summed E-state index contributed by atoms with van der Waals surface area (Å²) in [4.78, 5) is 12.6. The minimum Gasteiger partial charge on any atom is -0.325 e. The van der Waals surface area contributed by atoms with Crippen molar-refractivity contribution in [1.82, 2.24) is 14.8 Å².